The van der Waals surface area contributed by atoms with Crippen molar-refractivity contribution in [2.75, 3.05) is 26.2 Å². The first-order valence-electron chi connectivity index (χ1n) is 8.80. The molecule has 0 amide bonds. The summed E-state index contributed by atoms with van der Waals surface area (Å²) in [5.74, 6) is 0.834. The van der Waals surface area contributed by atoms with E-state index in [0.29, 0.717) is 13.1 Å². The van der Waals surface area contributed by atoms with Crippen LogP contribution in [0.2, 0.25) is 0 Å². The maximum absolute atomic E-state index is 10.4. The molecule has 0 spiro atoms. The highest BCUT2D eigenvalue weighted by molar-refractivity contribution is 5.57. The molecule has 2 aromatic heterocycles. The normalized spacial score (nSPS) is 26.0. The van der Waals surface area contributed by atoms with Crippen molar-refractivity contribution >= 4 is 0 Å². The third kappa shape index (κ3) is 3.36. The lowest BCUT2D eigenvalue weighted by molar-refractivity contribution is 0.0705. The second-order valence-corrected chi connectivity index (χ2v) is 6.85. The molecular weight excluding hydrogens is 304 g/mol. The monoisotopic (exact) mass is 328 g/mol. The van der Waals surface area contributed by atoms with Gasteiger partial charge in [0.1, 0.15) is 5.69 Å². The van der Waals surface area contributed by atoms with Crippen molar-refractivity contribution in [3.8, 4) is 11.3 Å². The lowest BCUT2D eigenvalue weighted by atomic mass is 10.1. The van der Waals surface area contributed by atoms with Gasteiger partial charge in [0, 0.05) is 43.2 Å². The molecule has 128 valence electrons. The largest absolute Gasteiger partial charge is 0.390 e. The van der Waals surface area contributed by atoms with Crippen LogP contribution in [0.15, 0.2) is 35.1 Å². The van der Waals surface area contributed by atoms with E-state index in [0.717, 1.165) is 36.7 Å². The van der Waals surface area contributed by atoms with Crippen molar-refractivity contribution in [1.82, 2.24) is 19.9 Å². The highest BCUT2D eigenvalue weighted by Gasteiger charge is 2.36. The van der Waals surface area contributed by atoms with E-state index in [9.17, 15) is 5.11 Å². The third-order valence-corrected chi connectivity index (χ3v) is 5.09. The Morgan fingerprint density at radius 1 is 1.21 bits per heavy atom. The number of aliphatic hydroxyl groups excluding tert-OH is 1. The summed E-state index contributed by atoms with van der Waals surface area (Å²) in [5.41, 5.74) is 1.77. The average molecular weight is 328 g/mol. The summed E-state index contributed by atoms with van der Waals surface area (Å²) in [6.45, 7) is 4.51. The number of nitrogens with zero attached hydrogens (tertiary/aromatic N) is 4. The zero-order valence-electron chi connectivity index (χ0n) is 13.8. The molecule has 0 unspecified atom stereocenters. The highest BCUT2D eigenvalue weighted by Crippen LogP contribution is 2.24. The van der Waals surface area contributed by atoms with E-state index in [4.69, 9.17) is 4.52 Å². The number of piperidine rings is 1. The standard InChI is InChI=1S/C18H24N4O2/c23-18-13-21(12-17(18)22-7-2-1-3-8-22)11-15-9-16(20-24-15)14-5-4-6-19-10-14/h4-6,9-10,17-18,23H,1-3,7-8,11-13H2/t17-,18-/m1/s1. The summed E-state index contributed by atoms with van der Waals surface area (Å²) in [6.07, 6.45) is 7.08. The predicted molar refractivity (Wildman–Crippen MR) is 90.2 cm³/mol. The Hall–Kier alpha value is -1.76. The first-order chi connectivity index (χ1) is 11.8. The van der Waals surface area contributed by atoms with Gasteiger partial charge in [0.25, 0.3) is 0 Å². The van der Waals surface area contributed by atoms with Crippen LogP contribution in [-0.4, -0.2) is 63.4 Å². The fourth-order valence-electron chi connectivity index (χ4n) is 3.84. The van der Waals surface area contributed by atoms with Crippen LogP contribution in [0.3, 0.4) is 0 Å². The zero-order chi connectivity index (χ0) is 16.4. The van der Waals surface area contributed by atoms with Crippen molar-refractivity contribution < 1.29 is 9.63 Å². The van der Waals surface area contributed by atoms with Gasteiger partial charge < -0.3 is 9.63 Å². The SMILES string of the molecule is O[C@@H]1CN(Cc2cc(-c3cccnc3)no2)C[C@H]1N1CCCCC1. The molecule has 2 saturated heterocycles. The van der Waals surface area contributed by atoms with Crippen LogP contribution in [-0.2, 0) is 6.54 Å². The average Bonchev–Trinajstić information content (AvgIpc) is 3.23. The smallest absolute Gasteiger partial charge is 0.151 e. The topological polar surface area (TPSA) is 65.6 Å². The van der Waals surface area contributed by atoms with E-state index in [2.05, 4.69) is 19.9 Å². The van der Waals surface area contributed by atoms with Crippen LogP contribution in [0.1, 0.15) is 25.0 Å². The quantitative estimate of drug-likeness (QED) is 0.923. The van der Waals surface area contributed by atoms with Crippen molar-refractivity contribution in [3.63, 3.8) is 0 Å². The number of rotatable bonds is 4. The van der Waals surface area contributed by atoms with Gasteiger partial charge in [-0.05, 0) is 38.1 Å². The molecule has 2 aromatic rings. The summed E-state index contributed by atoms with van der Waals surface area (Å²) in [7, 11) is 0. The maximum Gasteiger partial charge on any atom is 0.151 e. The minimum Gasteiger partial charge on any atom is -0.390 e. The number of hydrogen-bond acceptors (Lipinski definition) is 6. The third-order valence-electron chi connectivity index (χ3n) is 5.09. The molecule has 6 nitrogen and oxygen atoms in total. The molecule has 24 heavy (non-hydrogen) atoms. The van der Waals surface area contributed by atoms with Gasteiger partial charge in [-0.2, -0.15) is 0 Å². The summed E-state index contributed by atoms with van der Waals surface area (Å²) in [6, 6.07) is 6.09. The minimum atomic E-state index is -0.274. The lowest BCUT2D eigenvalue weighted by Gasteiger charge is -2.33. The number of pyridine rings is 1. The predicted octanol–water partition coefficient (Wildman–Crippen LogP) is 1.77. The van der Waals surface area contributed by atoms with Gasteiger partial charge in [-0.3, -0.25) is 14.8 Å². The Bertz CT molecular complexity index is 654. The molecule has 2 atom stereocenters. The van der Waals surface area contributed by atoms with E-state index >= 15 is 0 Å². The number of aliphatic hydroxyl groups is 1. The number of aromatic nitrogens is 2. The minimum absolute atomic E-state index is 0.256. The molecular formula is C18H24N4O2. The molecule has 2 aliphatic heterocycles. The second kappa shape index (κ2) is 7.01. The van der Waals surface area contributed by atoms with Crippen LogP contribution in [0.5, 0.6) is 0 Å². The first-order valence-corrected chi connectivity index (χ1v) is 8.80. The molecule has 0 aliphatic carbocycles. The number of hydrogen-bond donors (Lipinski definition) is 1. The first kappa shape index (κ1) is 15.7. The van der Waals surface area contributed by atoms with E-state index in [1.165, 1.54) is 19.3 Å². The molecule has 0 saturated carbocycles. The number of β-amino-alcohol motifs (C(OH)–C–C–N with tert-alkyl or cyclic N) is 1. The van der Waals surface area contributed by atoms with Gasteiger partial charge in [0.05, 0.1) is 12.6 Å². The number of likely N-dealkylation sites (tertiary alicyclic amines) is 2. The summed E-state index contributed by atoms with van der Waals surface area (Å²) >= 11 is 0. The van der Waals surface area contributed by atoms with Crippen molar-refractivity contribution in [3.05, 3.63) is 36.4 Å². The zero-order valence-corrected chi connectivity index (χ0v) is 13.8. The van der Waals surface area contributed by atoms with Crippen LogP contribution >= 0.6 is 0 Å². The second-order valence-electron chi connectivity index (χ2n) is 6.85. The van der Waals surface area contributed by atoms with Crippen LogP contribution < -0.4 is 0 Å². The van der Waals surface area contributed by atoms with Crippen LogP contribution in [0.25, 0.3) is 11.3 Å². The highest BCUT2D eigenvalue weighted by atomic mass is 16.5. The van der Waals surface area contributed by atoms with E-state index in [-0.39, 0.29) is 12.1 Å². The lowest BCUT2D eigenvalue weighted by Crippen LogP contribution is -2.45. The summed E-state index contributed by atoms with van der Waals surface area (Å²) in [5, 5.41) is 14.6. The van der Waals surface area contributed by atoms with Crippen molar-refractivity contribution in [2.24, 2.45) is 0 Å². The van der Waals surface area contributed by atoms with E-state index in [1.807, 2.05) is 18.2 Å². The van der Waals surface area contributed by atoms with Gasteiger partial charge in [-0.1, -0.05) is 11.6 Å². The molecule has 0 aromatic carbocycles. The van der Waals surface area contributed by atoms with Gasteiger partial charge >= 0.3 is 0 Å². The van der Waals surface area contributed by atoms with Crippen molar-refractivity contribution in [1.29, 1.82) is 0 Å². The summed E-state index contributed by atoms with van der Waals surface area (Å²) in [4.78, 5) is 8.83. The molecule has 0 radical (unpaired) electrons. The van der Waals surface area contributed by atoms with Gasteiger partial charge in [0.2, 0.25) is 0 Å². The summed E-state index contributed by atoms with van der Waals surface area (Å²) < 4.78 is 5.48. The van der Waals surface area contributed by atoms with Crippen molar-refractivity contribution in [2.45, 2.75) is 38.0 Å². The Morgan fingerprint density at radius 2 is 2.08 bits per heavy atom. The molecule has 2 aliphatic rings. The van der Waals surface area contributed by atoms with Gasteiger partial charge in [0.15, 0.2) is 5.76 Å². The fourth-order valence-corrected chi connectivity index (χ4v) is 3.84. The molecule has 1 N–H and O–H groups in total. The van der Waals surface area contributed by atoms with Crippen LogP contribution in [0, 0.1) is 0 Å². The molecule has 0 bridgehead atoms. The van der Waals surface area contributed by atoms with Crippen LogP contribution in [0.4, 0.5) is 0 Å². The Morgan fingerprint density at radius 3 is 2.88 bits per heavy atom. The Balaban J connectivity index is 1.38. The van der Waals surface area contributed by atoms with E-state index < -0.39 is 0 Å². The molecule has 4 heterocycles. The van der Waals surface area contributed by atoms with Gasteiger partial charge in [-0.25, -0.2) is 0 Å². The van der Waals surface area contributed by atoms with Gasteiger partial charge in [-0.15, -0.1) is 0 Å². The molecule has 2 fully saturated rings. The maximum atomic E-state index is 10.4. The van der Waals surface area contributed by atoms with E-state index in [1.54, 1.807) is 12.4 Å². The Labute approximate surface area is 142 Å². The molecule has 4 rings (SSSR count). The fraction of sp³-hybridized carbons (Fsp3) is 0.556. The Kier molecular flexibility index (Phi) is 4.60. The molecule has 6 heteroatoms.